The molecule has 2 rings (SSSR count). The third kappa shape index (κ3) is 3.10. The number of ether oxygens (including phenoxy) is 1. The molecule has 5 heteroatoms. The predicted molar refractivity (Wildman–Crippen MR) is 71.9 cm³/mol. The van der Waals surface area contributed by atoms with Crippen LogP contribution in [-0.2, 0) is 0 Å². The minimum Gasteiger partial charge on any atom is -0.478 e. The molecule has 2 N–H and O–H groups in total. The maximum absolute atomic E-state index is 5.69. The van der Waals surface area contributed by atoms with E-state index in [9.17, 15) is 0 Å². The standard InChI is InChI=1S/C13H22N4O/c1-2-18-13-9-12(15-10-16-13)17-8-4-3-5-11(17)6-7-14/h9-11H,2-8,14H2,1H3. The zero-order valence-corrected chi connectivity index (χ0v) is 11.0. The molecule has 1 fully saturated rings. The summed E-state index contributed by atoms with van der Waals surface area (Å²) in [5.74, 6) is 1.62. The summed E-state index contributed by atoms with van der Waals surface area (Å²) in [5, 5.41) is 0. The Morgan fingerprint density at radius 2 is 2.33 bits per heavy atom. The third-order valence-corrected chi connectivity index (χ3v) is 3.34. The average molecular weight is 250 g/mol. The molecule has 2 heterocycles. The maximum Gasteiger partial charge on any atom is 0.218 e. The Hall–Kier alpha value is -1.36. The van der Waals surface area contributed by atoms with Gasteiger partial charge in [0.05, 0.1) is 6.61 Å². The lowest BCUT2D eigenvalue weighted by Crippen LogP contribution is -2.41. The highest BCUT2D eigenvalue weighted by Crippen LogP contribution is 2.26. The van der Waals surface area contributed by atoms with E-state index in [-0.39, 0.29) is 0 Å². The van der Waals surface area contributed by atoms with E-state index >= 15 is 0 Å². The molecular formula is C13H22N4O. The summed E-state index contributed by atoms with van der Waals surface area (Å²) in [4.78, 5) is 10.8. The van der Waals surface area contributed by atoms with Crippen molar-refractivity contribution in [2.24, 2.45) is 5.73 Å². The molecule has 0 spiro atoms. The molecule has 1 aliphatic rings. The number of nitrogens with zero attached hydrogens (tertiary/aromatic N) is 3. The van der Waals surface area contributed by atoms with E-state index in [1.54, 1.807) is 6.33 Å². The Morgan fingerprint density at radius 1 is 1.44 bits per heavy atom. The number of rotatable bonds is 5. The van der Waals surface area contributed by atoms with Crippen LogP contribution in [0.5, 0.6) is 5.88 Å². The van der Waals surface area contributed by atoms with E-state index in [0.29, 0.717) is 18.5 Å². The van der Waals surface area contributed by atoms with Crippen molar-refractivity contribution < 1.29 is 4.74 Å². The molecule has 5 nitrogen and oxygen atoms in total. The number of nitrogens with two attached hydrogens (primary N) is 1. The van der Waals surface area contributed by atoms with Gasteiger partial charge in [-0.05, 0) is 39.2 Å². The molecular weight excluding hydrogens is 228 g/mol. The SMILES string of the molecule is CCOc1cc(N2CCCCC2CCN)ncn1. The van der Waals surface area contributed by atoms with Crippen LogP contribution in [0.2, 0.25) is 0 Å². The number of hydrogen-bond donors (Lipinski definition) is 1. The van der Waals surface area contributed by atoms with E-state index < -0.39 is 0 Å². The summed E-state index contributed by atoms with van der Waals surface area (Å²) in [7, 11) is 0. The number of anilines is 1. The topological polar surface area (TPSA) is 64.3 Å². The summed E-state index contributed by atoms with van der Waals surface area (Å²) < 4.78 is 5.43. The van der Waals surface area contributed by atoms with Gasteiger partial charge in [-0.2, -0.15) is 0 Å². The molecule has 1 aromatic heterocycles. The number of piperidine rings is 1. The Morgan fingerprint density at radius 3 is 3.11 bits per heavy atom. The van der Waals surface area contributed by atoms with Crippen molar-refractivity contribution in [2.75, 3.05) is 24.6 Å². The van der Waals surface area contributed by atoms with Crippen LogP contribution in [0.15, 0.2) is 12.4 Å². The van der Waals surface area contributed by atoms with Crippen molar-refractivity contribution in [3.05, 3.63) is 12.4 Å². The van der Waals surface area contributed by atoms with Crippen LogP contribution in [0.1, 0.15) is 32.6 Å². The van der Waals surface area contributed by atoms with Gasteiger partial charge in [0.25, 0.3) is 0 Å². The molecule has 0 saturated carbocycles. The van der Waals surface area contributed by atoms with E-state index in [2.05, 4.69) is 14.9 Å². The second-order valence-electron chi connectivity index (χ2n) is 4.57. The molecule has 0 amide bonds. The summed E-state index contributed by atoms with van der Waals surface area (Å²) in [6.45, 7) is 4.36. The van der Waals surface area contributed by atoms with Gasteiger partial charge >= 0.3 is 0 Å². The van der Waals surface area contributed by atoms with Crippen molar-refractivity contribution in [1.29, 1.82) is 0 Å². The maximum atomic E-state index is 5.69. The van der Waals surface area contributed by atoms with Gasteiger partial charge < -0.3 is 15.4 Å². The second kappa shape index (κ2) is 6.54. The predicted octanol–water partition coefficient (Wildman–Crippen LogP) is 1.58. The highest BCUT2D eigenvalue weighted by molar-refractivity contribution is 5.42. The van der Waals surface area contributed by atoms with Gasteiger partial charge in [-0.15, -0.1) is 0 Å². The molecule has 0 aliphatic carbocycles. The van der Waals surface area contributed by atoms with Gasteiger partial charge in [0, 0.05) is 18.7 Å². The van der Waals surface area contributed by atoms with Crippen LogP contribution in [0, 0.1) is 0 Å². The zero-order valence-electron chi connectivity index (χ0n) is 11.0. The largest absolute Gasteiger partial charge is 0.478 e. The fourth-order valence-corrected chi connectivity index (χ4v) is 2.51. The van der Waals surface area contributed by atoms with Crippen LogP contribution in [-0.4, -0.2) is 35.7 Å². The minimum atomic E-state index is 0.508. The highest BCUT2D eigenvalue weighted by Gasteiger charge is 2.23. The van der Waals surface area contributed by atoms with Crippen molar-refractivity contribution in [3.63, 3.8) is 0 Å². The van der Waals surface area contributed by atoms with Gasteiger partial charge in [0.2, 0.25) is 5.88 Å². The summed E-state index contributed by atoms with van der Waals surface area (Å²) in [5.41, 5.74) is 5.69. The Bertz CT molecular complexity index is 370. The molecule has 18 heavy (non-hydrogen) atoms. The number of hydrogen-bond acceptors (Lipinski definition) is 5. The van der Waals surface area contributed by atoms with Gasteiger partial charge in [0.15, 0.2) is 0 Å². The molecule has 1 atom stereocenters. The van der Waals surface area contributed by atoms with Crippen LogP contribution in [0.25, 0.3) is 0 Å². The van der Waals surface area contributed by atoms with Crippen molar-refractivity contribution in [3.8, 4) is 5.88 Å². The van der Waals surface area contributed by atoms with Crippen molar-refractivity contribution >= 4 is 5.82 Å². The first-order valence-corrected chi connectivity index (χ1v) is 6.76. The monoisotopic (exact) mass is 250 g/mol. The quantitative estimate of drug-likeness (QED) is 0.859. The minimum absolute atomic E-state index is 0.508. The summed E-state index contributed by atoms with van der Waals surface area (Å²) in [6.07, 6.45) is 6.30. The summed E-state index contributed by atoms with van der Waals surface area (Å²) >= 11 is 0. The van der Waals surface area contributed by atoms with Gasteiger partial charge in [-0.25, -0.2) is 9.97 Å². The molecule has 1 saturated heterocycles. The lowest BCUT2D eigenvalue weighted by molar-refractivity contribution is 0.325. The van der Waals surface area contributed by atoms with Crippen molar-refractivity contribution in [2.45, 2.75) is 38.6 Å². The molecule has 0 radical (unpaired) electrons. The first-order valence-electron chi connectivity index (χ1n) is 6.76. The van der Waals surface area contributed by atoms with Crippen LogP contribution >= 0.6 is 0 Å². The number of aromatic nitrogens is 2. The lowest BCUT2D eigenvalue weighted by atomic mass is 9.99. The first kappa shape index (κ1) is 13.1. The average Bonchev–Trinajstić information content (AvgIpc) is 2.40. The molecule has 1 aliphatic heterocycles. The smallest absolute Gasteiger partial charge is 0.218 e. The van der Waals surface area contributed by atoms with Crippen LogP contribution in [0.4, 0.5) is 5.82 Å². The first-order chi connectivity index (χ1) is 8.85. The van der Waals surface area contributed by atoms with Crippen LogP contribution in [0.3, 0.4) is 0 Å². The summed E-state index contributed by atoms with van der Waals surface area (Å²) in [6, 6.07) is 2.44. The highest BCUT2D eigenvalue weighted by atomic mass is 16.5. The fourth-order valence-electron chi connectivity index (χ4n) is 2.51. The molecule has 1 aromatic rings. The zero-order chi connectivity index (χ0) is 12.8. The molecule has 100 valence electrons. The molecule has 1 unspecified atom stereocenters. The van der Waals surface area contributed by atoms with E-state index in [1.807, 2.05) is 13.0 Å². The van der Waals surface area contributed by atoms with Crippen molar-refractivity contribution in [1.82, 2.24) is 9.97 Å². The molecule has 0 bridgehead atoms. The lowest BCUT2D eigenvalue weighted by Gasteiger charge is -2.36. The van der Waals surface area contributed by atoms with Gasteiger partial charge in [-0.3, -0.25) is 0 Å². The normalized spacial score (nSPS) is 19.9. The van der Waals surface area contributed by atoms with Crippen LogP contribution < -0.4 is 15.4 Å². The van der Waals surface area contributed by atoms with E-state index in [1.165, 1.54) is 19.3 Å². The van der Waals surface area contributed by atoms with Gasteiger partial charge in [-0.1, -0.05) is 0 Å². The van der Waals surface area contributed by atoms with E-state index in [0.717, 1.165) is 25.3 Å². The van der Waals surface area contributed by atoms with E-state index in [4.69, 9.17) is 10.5 Å². The fraction of sp³-hybridized carbons (Fsp3) is 0.692. The Labute approximate surface area is 108 Å². The van der Waals surface area contributed by atoms with Gasteiger partial charge in [0.1, 0.15) is 12.1 Å². The Balaban J connectivity index is 2.14. The Kier molecular flexibility index (Phi) is 4.75. The third-order valence-electron chi connectivity index (χ3n) is 3.34. The second-order valence-corrected chi connectivity index (χ2v) is 4.57. The molecule has 0 aromatic carbocycles.